The molecule has 1 N–H and O–H groups in total. The minimum atomic E-state index is 0.0136. The molecule has 0 spiro atoms. The molecule has 0 fully saturated rings. The van der Waals surface area contributed by atoms with Gasteiger partial charge in [-0.3, -0.25) is 0 Å². The first-order valence-electron chi connectivity index (χ1n) is 9.33. The number of nitrogens with zero attached hydrogens (tertiary/aromatic N) is 2. The Morgan fingerprint density at radius 3 is 2.33 bits per heavy atom. The topological polar surface area (TPSA) is 59.2 Å². The summed E-state index contributed by atoms with van der Waals surface area (Å²) in [5.74, 6) is 1.28. The average molecular weight is 358 g/mol. The molecule has 0 bridgehead atoms. The van der Waals surface area contributed by atoms with Gasteiger partial charge in [-0.25, -0.2) is 0 Å². The van der Waals surface area contributed by atoms with Gasteiger partial charge in [0.05, 0.1) is 6.61 Å². The lowest BCUT2D eigenvalue weighted by atomic mass is 9.99. The van der Waals surface area contributed by atoms with Crippen LogP contribution in [0.25, 0.3) is 22.2 Å². The summed E-state index contributed by atoms with van der Waals surface area (Å²) >= 11 is 0. The van der Waals surface area contributed by atoms with Crippen molar-refractivity contribution in [3.05, 3.63) is 83.7 Å². The Labute approximate surface area is 158 Å². The second kappa shape index (κ2) is 8.14. The maximum Gasteiger partial charge on any atom is 0.226 e. The van der Waals surface area contributed by atoms with Gasteiger partial charge in [0.25, 0.3) is 0 Å². The first-order valence-corrected chi connectivity index (χ1v) is 9.33. The third-order valence-electron chi connectivity index (χ3n) is 4.84. The number of benzene rings is 3. The van der Waals surface area contributed by atoms with Crippen molar-refractivity contribution in [3.8, 4) is 11.4 Å². The molecule has 4 heteroatoms. The molecule has 4 aromatic rings. The van der Waals surface area contributed by atoms with E-state index >= 15 is 0 Å². The number of aliphatic hydroxyl groups is 1. The molecular weight excluding hydrogens is 336 g/mol. The Kier molecular flexibility index (Phi) is 5.26. The molecule has 27 heavy (non-hydrogen) atoms. The number of aliphatic hydroxyl groups excluding tert-OH is 1. The third kappa shape index (κ3) is 3.91. The molecule has 136 valence electrons. The lowest BCUT2D eigenvalue weighted by Gasteiger charge is -2.07. The van der Waals surface area contributed by atoms with Crippen LogP contribution in [0.1, 0.15) is 29.9 Å². The molecule has 4 rings (SSSR count). The van der Waals surface area contributed by atoms with Gasteiger partial charge in [0, 0.05) is 12.0 Å². The van der Waals surface area contributed by atoms with E-state index in [4.69, 9.17) is 4.52 Å². The summed E-state index contributed by atoms with van der Waals surface area (Å²) in [5, 5.41) is 15.8. The molecule has 1 aromatic heterocycles. The maximum atomic E-state index is 9.55. The molecule has 0 unspecified atom stereocenters. The van der Waals surface area contributed by atoms with Crippen LogP contribution in [-0.4, -0.2) is 15.2 Å². The van der Waals surface area contributed by atoms with E-state index in [9.17, 15) is 5.11 Å². The smallest absolute Gasteiger partial charge is 0.226 e. The fourth-order valence-corrected chi connectivity index (χ4v) is 3.41. The van der Waals surface area contributed by atoms with E-state index in [1.54, 1.807) is 0 Å². The molecule has 0 saturated carbocycles. The number of unbranched alkanes of at least 4 members (excludes halogenated alkanes) is 1. The Hall–Kier alpha value is -2.98. The molecular formula is C23H22N2O2. The second-order valence-corrected chi connectivity index (χ2v) is 6.68. The Morgan fingerprint density at radius 2 is 1.52 bits per heavy atom. The lowest BCUT2D eigenvalue weighted by Crippen LogP contribution is -1.91. The molecule has 0 radical (unpaired) electrons. The number of aryl methyl sites for hydroxylation is 2. The van der Waals surface area contributed by atoms with E-state index < -0.39 is 0 Å². The summed E-state index contributed by atoms with van der Waals surface area (Å²) in [5.41, 5.74) is 3.19. The Bertz CT molecular complexity index is 1020. The van der Waals surface area contributed by atoms with Gasteiger partial charge in [-0.05, 0) is 41.2 Å². The number of aromatic nitrogens is 2. The summed E-state index contributed by atoms with van der Waals surface area (Å²) in [7, 11) is 0. The van der Waals surface area contributed by atoms with Gasteiger partial charge < -0.3 is 9.63 Å². The van der Waals surface area contributed by atoms with E-state index in [-0.39, 0.29) is 6.61 Å². The highest BCUT2D eigenvalue weighted by atomic mass is 16.5. The molecule has 0 aliphatic heterocycles. The zero-order valence-corrected chi connectivity index (χ0v) is 15.1. The largest absolute Gasteiger partial charge is 0.392 e. The van der Waals surface area contributed by atoms with Crippen molar-refractivity contribution in [2.24, 2.45) is 0 Å². The first-order chi connectivity index (χ1) is 13.3. The van der Waals surface area contributed by atoms with Crippen LogP contribution < -0.4 is 0 Å². The molecule has 0 aliphatic carbocycles. The van der Waals surface area contributed by atoms with E-state index in [1.165, 1.54) is 5.56 Å². The first kappa shape index (κ1) is 17.4. The monoisotopic (exact) mass is 358 g/mol. The van der Waals surface area contributed by atoms with Gasteiger partial charge in [-0.15, -0.1) is 0 Å². The van der Waals surface area contributed by atoms with Crippen LogP contribution in [0.5, 0.6) is 0 Å². The highest BCUT2D eigenvalue weighted by molar-refractivity contribution is 5.97. The quantitative estimate of drug-likeness (QED) is 0.475. The summed E-state index contributed by atoms with van der Waals surface area (Å²) in [4.78, 5) is 4.59. The fraction of sp³-hybridized carbons (Fsp3) is 0.217. The minimum Gasteiger partial charge on any atom is -0.392 e. The molecule has 1 heterocycles. The predicted molar refractivity (Wildman–Crippen MR) is 106 cm³/mol. The van der Waals surface area contributed by atoms with Crippen molar-refractivity contribution >= 4 is 10.8 Å². The highest BCUT2D eigenvalue weighted by Crippen LogP contribution is 2.29. The van der Waals surface area contributed by atoms with Crippen molar-refractivity contribution in [2.75, 3.05) is 0 Å². The third-order valence-corrected chi connectivity index (χ3v) is 4.84. The van der Waals surface area contributed by atoms with Gasteiger partial charge in [-0.2, -0.15) is 4.98 Å². The van der Waals surface area contributed by atoms with Crippen molar-refractivity contribution < 1.29 is 9.63 Å². The van der Waals surface area contributed by atoms with Crippen molar-refractivity contribution in [1.82, 2.24) is 10.1 Å². The molecule has 0 aliphatic rings. The SMILES string of the molecule is OCc1ccc(-c2noc(CCCCc3ccccc3)n2)c2ccccc12. The average Bonchev–Trinajstić information content (AvgIpc) is 3.20. The Morgan fingerprint density at radius 1 is 0.778 bits per heavy atom. The van der Waals surface area contributed by atoms with Gasteiger partial charge in [0.1, 0.15) is 0 Å². The van der Waals surface area contributed by atoms with Crippen LogP contribution in [0, 0.1) is 0 Å². The zero-order chi connectivity index (χ0) is 18.5. The van der Waals surface area contributed by atoms with Crippen molar-refractivity contribution in [3.63, 3.8) is 0 Å². The van der Waals surface area contributed by atoms with E-state index in [1.807, 2.05) is 42.5 Å². The van der Waals surface area contributed by atoms with E-state index in [0.29, 0.717) is 11.7 Å². The number of fused-ring (bicyclic) bond motifs is 1. The predicted octanol–water partition coefficient (Wildman–Crippen LogP) is 4.95. The summed E-state index contributed by atoms with van der Waals surface area (Å²) in [6.07, 6.45) is 3.96. The van der Waals surface area contributed by atoms with Crippen LogP contribution >= 0.6 is 0 Å². The molecule has 4 nitrogen and oxygen atoms in total. The van der Waals surface area contributed by atoms with Crippen molar-refractivity contribution in [1.29, 1.82) is 0 Å². The molecule has 0 saturated heterocycles. The van der Waals surface area contributed by atoms with Crippen LogP contribution in [0.15, 0.2) is 71.3 Å². The van der Waals surface area contributed by atoms with Crippen molar-refractivity contribution in [2.45, 2.75) is 32.3 Å². The molecule has 0 atom stereocenters. The van der Waals surface area contributed by atoms with E-state index in [2.05, 4.69) is 34.4 Å². The van der Waals surface area contributed by atoms with Gasteiger partial charge in [0.15, 0.2) is 0 Å². The standard InChI is InChI=1S/C23H22N2O2/c26-16-18-14-15-21(20-12-6-5-11-19(18)20)23-24-22(27-25-23)13-7-4-10-17-8-2-1-3-9-17/h1-3,5-6,8-9,11-12,14-15,26H,4,7,10,13,16H2. The number of hydrogen-bond acceptors (Lipinski definition) is 4. The lowest BCUT2D eigenvalue weighted by molar-refractivity contribution is 0.283. The summed E-state index contributed by atoms with van der Waals surface area (Å²) < 4.78 is 5.47. The number of hydrogen-bond donors (Lipinski definition) is 1. The maximum absolute atomic E-state index is 9.55. The van der Waals surface area contributed by atoms with Gasteiger partial charge >= 0.3 is 0 Å². The second-order valence-electron chi connectivity index (χ2n) is 6.68. The van der Waals surface area contributed by atoms with Crippen LogP contribution in [0.4, 0.5) is 0 Å². The fourth-order valence-electron chi connectivity index (χ4n) is 3.41. The van der Waals surface area contributed by atoms with Crippen LogP contribution in [0.2, 0.25) is 0 Å². The summed E-state index contributed by atoms with van der Waals surface area (Å²) in [6.45, 7) is 0.0136. The molecule has 0 amide bonds. The zero-order valence-electron chi connectivity index (χ0n) is 15.1. The Balaban J connectivity index is 1.46. The number of rotatable bonds is 7. The van der Waals surface area contributed by atoms with Crippen LogP contribution in [0.3, 0.4) is 0 Å². The van der Waals surface area contributed by atoms with E-state index in [0.717, 1.165) is 47.6 Å². The highest BCUT2D eigenvalue weighted by Gasteiger charge is 2.13. The summed E-state index contributed by atoms with van der Waals surface area (Å²) in [6, 6.07) is 22.4. The van der Waals surface area contributed by atoms with Crippen LogP contribution in [-0.2, 0) is 19.4 Å². The normalized spacial score (nSPS) is 11.1. The van der Waals surface area contributed by atoms with Gasteiger partial charge in [-0.1, -0.05) is 71.9 Å². The van der Waals surface area contributed by atoms with Gasteiger partial charge in [0.2, 0.25) is 11.7 Å². The minimum absolute atomic E-state index is 0.0136. The molecule has 3 aromatic carbocycles.